The molecule has 0 bridgehead atoms. The van der Waals surface area contributed by atoms with E-state index in [1.54, 1.807) is 31.2 Å². The van der Waals surface area contributed by atoms with E-state index in [0.29, 0.717) is 27.8 Å². The first kappa shape index (κ1) is 24.3. The van der Waals surface area contributed by atoms with E-state index in [4.69, 9.17) is 25.8 Å². The van der Waals surface area contributed by atoms with E-state index in [0.717, 1.165) is 16.1 Å². The summed E-state index contributed by atoms with van der Waals surface area (Å²) in [4.78, 5) is 12.3. The molecule has 0 aliphatic carbocycles. The van der Waals surface area contributed by atoms with Gasteiger partial charge in [0.15, 0.2) is 11.5 Å². The summed E-state index contributed by atoms with van der Waals surface area (Å²) in [5, 5.41) is 4.28. The highest BCUT2D eigenvalue weighted by atomic mass is 35.5. The number of aryl methyl sites for hydroxylation is 1. The molecule has 2 aromatic rings. The third-order valence-electron chi connectivity index (χ3n) is 4.22. The predicted molar refractivity (Wildman–Crippen MR) is 120 cm³/mol. The Morgan fingerprint density at radius 3 is 2.23 bits per heavy atom. The van der Waals surface area contributed by atoms with Crippen molar-refractivity contribution in [1.29, 1.82) is 0 Å². The molecule has 0 unspecified atom stereocenters. The number of hydrazone groups is 1. The normalized spacial score (nSPS) is 11.3. The molecule has 0 aliphatic heterocycles. The van der Waals surface area contributed by atoms with Gasteiger partial charge in [-0.05, 0) is 36.8 Å². The third kappa shape index (κ3) is 6.25. The van der Waals surface area contributed by atoms with E-state index in [1.807, 2.05) is 0 Å². The fraction of sp³-hybridized carbons (Fsp3) is 0.300. The summed E-state index contributed by atoms with van der Waals surface area (Å²) in [5.74, 6) is 0.640. The maximum atomic E-state index is 12.3. The first-order valence-electron chi connectivity index (χ1n) is 8.96. The smallest absolute Gasteiger partial charge is 0.260 e. The van der Waals surface area contributed by atoms with Crippen LogP contribution < -0.4 is 23.9 Å². The molecule has 0 spiro atoms. The molecule has 0 atom stereocenters. The van der Waals surface area contributed by atoms with Crippen LogP contribution in [-0.4, -0.2) is 54.7 Å². The maximum Gasteiger partial charge on any atom is 0.260 e. The molecule has 31 heavy (non-hydrogen) atoms. The van der Waals surface area contributed by atoms with Gasteiger partial charge in [0, 0.05) is 10.6 Å². The number of hydrogen-bond acceptors (Lipinski definition) is 7. The molecular weight excluding hydrogens is 446 g/mol. The molecule has 11 heteroatoms. The number of carbonyl (C=O) groups excluding carboxylic acids is 1. The molecule has 2 rings (SSSR count). The lowest BCUT2D eigenvalue weighted by molar-refractivity contribution is -0.119. The van der Waals surface area contributed by atoms with Crippen molar-refractivity contribution in [1.82, 2.24) is 5.43 Å². The number of hydrogen-bond donors (Lipinski definition) is 1. The van der Waals surface area contributed by atoms with Crippen LogP contribution in [0.1, 0.15) is 11.1 Å². The molecule has 0 aliphatic rings. The van der Waals surface area contributed by atoms with E-state index in [2.05, 4.69) is 10.5 Å². The Morgan fingerprint density at radius 2 is 1.74 bits per heavy atom. The number of sulfonamides is 1. The summed E-state index contributed by atoms with van der Waals surface area (Å²) < 4.78 is 41.1. The van der Waals surface area contributed by atoms with Gasteiger partial charge in [0.25, 0.3) is 5.91 Å². The number of methoxy groups -OCH3 is 3. The average molecular weight is 470 g/mol. The molecule has 0 heterocycles. The van der Waals surface area contributed by atoms with Crippen molar-refractivity contribution in [3.63, 3.8) is 0 Å². The number of carbonyl (C=O) groups is 1. The number of rotatable bonds is 9. The van der Waals surface area contributed by atoms with Crippen LogP contribution in [0.5, 0.6) is 17.2 Å². The Bertz CT molecular complexity index is 1060. The monoisotopic (exact) mass is 469 g/mol. The Kier molecular flexibility index (Phi) is 8.12. The van der Waals surface area contributed by atoms with E-state index in [-0.39, 0.29) is 5.69 Å². The van der Waals surface area contributed by atoms with Gasteiger partial charge in [-0.3, -0.25) is 9.10 Å². The Balaban J connectivity index is 2.17. The molecule has 0 radical (unpaired) electrons. The zero-order chi connectivity index (χ0) is 23.2. The SMILES string of the molecule is COc1cc(/C=N\NC(=O)CN(c2ccc(C)c(Cl)c2)S(C)(=O)=O)cc(OC)c1OC. The third-order valence-corrected chi connectivity index (χ3v) is 5.77. The van der Waals surface area contributed by atoms with Crippen molar-refractivity contribution in [2.45, 2.75) is 6.92 Å². The zero-order valence-corrected chi connectivity index (χ0v) is 19.4. The van der Waals surface area contributed by atoms with Gasteiger partial charge in [0.05, 0.1) is 39.5 Å². The second-order valence-electron chi connectivity index (χ2n) is 6.45. The summed E-state index contributed by atoms with van der Waals surface area (Å²) in [6.45, 7) is 1.33. The Labute approximate surface area is 186 Å². The average Bonchev–Trinajstić information content (AvgIpc) is 2.72. The molecular formula is C20H24ClN3O6S. The molecule has 0 saturated carbocycles. The summed E-state index contributed by atoms with van der Waals surface area (Å²) in [7, 11) is 0.725. The summed E-state index contributed by atoms with van der Waals surface area (Å²) >= 11 is 6.09. The summed E-state index contributed by atoms with van der Waals surface area (Å²) in [5.41, 5.74) is 3.95. The minimum absolute atomic E-state index is 0.279. The lowest BCUT2D eigenvalue weighted by Crippen LogP contribution is -2.39. The van der Waals surface area contributed by atoms with Crippen LogP contribution in [-0.2, 0) is 14.8 Å². The van der Waals surface area contributed by atoms with Gasteiger partial charge in [-0.15, -0.1) is 0 Å². The first-order chi connectivity index (χ1) is 14.6. The van der Waals surface area contributed by atoms with Gasteiger partial charge in [-0.1, -0.05) is 17.7 Å². The maximum absolute atomic E-state index is 12.3. The van der Waals surface area contributed by atoms with Gasteiger partial charge < -0.3 is 14.2 Å². The van der Waals surface area contributed by atoms with Crippen LogP contribution in [0.2, 0.25) is 5.02 Å². The molecule has 9 nitrogen and oxygen atoms in total. The Morgan fingerprint density at radius 1 is 1.13 bits per heavy atom. The van der Waals surface area contributed by atoms with Crippen molar-refractivity contribution in [2.75, 3.05) is 38.4 Å². The Hall–Kier alpha value is -2.98. The number of halogens is 1. The topological polar surface area (TPSA) is 107 Å². The van der Waals surface area contributed by atoms with Crippen molar-refractivity contribution < 1.29 is 27.4 Å². The second-order valence-corrected chi connectivity index (χ2v) is 8.77. The lowest BCUT2D eigenvalue weighted by Gasteiger charge is -2.21. The van der Waals surface area contributed by atoms with Crippen LogP contribution in [0.25, 0.3) is 0 Å². The van der Waals surface area contributed by atoms with E-state index >= 15 is 0 Å². The highest BCUT2D eigenvalue weighted by Gasteiger charge is 2.21. The molecule has 0 fully saturated rings. The number of nitrogens with zero attached hydrogens (tertiary/aromatic N) is 2. The number of anilines is 1. The van der Waals surface area contributed by atoms with Crippen molar-refractivity contribution in [3.8, 4) is 17.2 Å². The molecule has 1 N–H and O–H groups in total. The van der Waals surface area contributed by atoms with Crippen LogP contribution in [0.4, 0.5) is 5.69 Å². The van der Waals surface area contributed by atoms with Crippen LogP contribution in [0.15, 0.2) is 35.4 Å². The van der Waals surface area contributed by atoms with Crippen molar-refractivity contribution in [3.05, 3.63) is 46.5 Å². The van der Waals surface area contributed by atoms with Gasteiger partial charge >= 0.3 is 0 Å². The van der Waals surface area contributed by atoms with E-state index in [1.165, 1.54) is 33.6 Å². The van der Waals surface area contributed by atoms with Crippen LogP contribution >= 0.6 is 11.6 Å². The minimum Gasteiger partial charge on any atom is -0.493 e. The number of ether oxygens (including phenoxy) is 3. The summed E-state index contributed by atoms with van der Waals surface area (Å²) in [6.07, 6.45) is 2.38. The van der Waals surface area contributed by atoms with E-state index < -0.39 is 22.5 Å². The summed E-state index contributed by atoms with van der Waals surface area (Å²) in [6, 6.07) is 8.04. The first-order valence-corrected chi connectivity index (χ1v) is 11.2. The number of amides is 1. The van der Waals surface area contributed by atoms with E-state index in [9.17, 15) is 13.2 Å². The molecule has 0 saturated heterocycles. The fourth-order valence-corrected chi connectivity index (χ4v) is 3.68. The number of benzene rings is 2. The molecule has 2 aromatic carbocycles. The quantitative estimate of drug-likeness (QED) is 0.447. The zero-order valence-electron chi connectivity index (χ0n) is 17.8. The highest BCUT2D eigenvalue weighted by Crippen LogP contribution is 2.37. The van der Waals surface area contributed by atoms with Crippen LogP contribution in [0.3, 0.4) is 0 Å². The van der Waals surface area contributed by atoms with Gasteiger partial charge in [0.1, 0.15) is 6.54 Å². The largest absolute Gasteiger partial charge is 0.493 e. The van der Waals surface area contributed by atoms with Crippen molar-refractivity contribution >= 4 is 39.4 Å². The van der Waals surface area contributed by atoms with Gasteiger partial charge in [-0.25, -0.2) is 13.8 Å². The van der Waals surface area contributed by atoms with Gasteiger partial charge in [0.2, 0.25) is 15.8 Å². The highest BCUT2D eigenvalue weighted by molar-refractivity contribution is 7.92. The molecule has 1 amide bonds. The van der Waals surface area contributed by atoms with Crippen molar-refractivity contribution in [2.24, 2.45) is 5.10 Å². The number of nitrogens with one attached hydrogen (secondary N) is 1. The standard InChI is InChI=1S/C20H24ClN3O6S/c1-13-6-7-15(10-16(13)21)24(31(5,26)27)12-19(25)23-22-11-14-8-17(28-2)20(30-4)18(9-14)29-3/h6-11H,12H2,1-5H3,(H,23,25)/b22-11-. The molecule has 0 aromatic heterocycles. The predicted octanol–water partition coefficient (Wildman–Crippen LogP) is 2.59. The fourth-order valence-electron chi connectivity index (χ4n) is 2.66. The second kappa shape index (κ2) is 10.4. The van der Waals surface area contributed by atoms with Gasteiger partial charge in [-0.2, -0.15) is 5.10 Å². The minimum atomic E-state index is -3.73. The van der Waals surface area contributed by atoms with Crippen LogP contribution in [0, 0.1) is 6.92 Å². The lowest BCUT2D eigenvalue weighted by atomic mass is 10.2. The molecule has 168 valence electrons.